The molecule has 10 heteroatoms. The monoisotopic (exact) mass is 422 g/mol. The van der Waals surface area contributed by atoms with E-state index in [2.05, 4.69) is 0 Å². The summed E-state index contributed by atoms with van der Waals surface area (Å²) in [5.41, 5.74) is -1.03. The van der Waals surface area contributed by atoms with E-state index in [4.69, 9.17) is 21.4 Å². The standard InChI is InChI=1S/C17H14ClF3O5S/c1-2-27(24,25)13-3-4-15(14(9-13)17(19,20)21)26-12-6-10(7-16(22)23)5-11(18)8-12/h3-6,8-9H,2,7H2,1H3,(H,22,23). The van der Waals surface area contributed by atoms with E-state index in [0.29, 0.717) is 6.07 Å². The van der Waals surface area contributed by atoms with Crippen LogP contribution < -0.4 is 4.74 Å². The molecule has 1 N–H and O–H groups in total. The Bertz CT molecular complexity index is 971. The summed E-state index contributed by atoms with van der Waals surface area (Å²) in [5.74, 6) is -2.22. The largest absolute Gasteiger partial charge is 0.481 e. The summed E-state index contributed by atoms with van der Waals surface area (Å²) in [6, 6.07) is 6.26. The van der Waals surface area contributed by atoms with E-state index < -0.39 is 44.6 Å². The lowest BCUT2D eigenvalue weighted by Crippen LogP contribution is -2.11. The Kier molecular flexibility index (Phi) is 6.06. The van der Waals surface area contributed by atoms with Gasteiger partial charge >= 0.3 is 12.1 Å². The van der Waals surface area contributed by atoms with Crippen LogP contribution in [0.3, 0.4) is 0 Å². The first-order chi connectivity index (χ1) is 12.4. The number of alkyl halides is 3. The molecule has 0 saturated heterocycles. The van der Waals surface area contributed by atoms with Gasteiger partial charge in [0.2, 0.25) is 0 Å². The van der Waals surface area contributed by atoms with Gasteiger partial charge in [-0.2, -0.15) is 13.2 Å². The van der Waals surface area contributed by atoms with Crippen LogP contribution in [0, 0.1) is 0 Å². The van der Waals surface area contributed by atoms with Gasteiger partial charge in [0.05, 0.1) is 22.6 Å². The smallest absolute Gasteiger partial charge is 0.420 e. The predicted molar refractivity (Wildman–Crippen MR) is 92.0 cm³/mol. The lowest BCUT2D eigenvalue weighted by molar-refractivity contribution is -0.139. The maximum absolute atomic E-state index is 13.4. The van der Waals surface area contributed by atoms with E-state index in [1.807, 2.05) is 0 Å². The Balaban J connectivity index is 2.50. The van der Waals surface area contributed by atoms with Crippen molar-refractivity contribution >= 4 is 27.4 Å². The first-order valence-electron chi connectivity index (χ1n) is 7.55. The maximum Gasteiger partial charge on any atom is 0.420 e. The molecular weight excluding hydrogens is 409 g/mol. The van der Waals surface area contributed by atoms with Crippen molar-refractivity contribution in [3.05, 3.63) is 52.5 Å². The molecule has 2 aromatic carbocycles. The van der Waals surface area contributed by atoms with Crippen molar-refractivity contribution in [3.63, 3.8) is 0 Å². The van der Waals surface area contributed by atoms with E-state index in [1.54, 1.807) is 0 Å². The zero-order chi connectivity index (χ0) is 20.4. The van der Waals surface area contributed by atoms with Gasteiger partial charge in [0, 0.05) is 5.02 Å². The van der Waals surface area contributed by atoms with Crippen LogP contribution in [0.15, 0.2) is 41.3 Å². The van der Waals surface area contributed by atoms with Gasteiger partial charge in [0.15, 0.2) is 9.84 Å². The van der Waals surface area contributed by atoms with Crippen LogP contribution in [0.1, 0.15) is 18.1 Å². The van der Waals surface area contributed by atoms with E-state index in [1.165, 1.54) is 25.1 Å². The number of hydrogen-bond donors (Lipinski definition) is 1. The van der Waals surface area contributed by atoms with E-state index in [9.17, 15) is 26.4 Å². The summed E-state index contributed by atoms with van der Waals surface area (Å²) in [4.78, 5) is 10.3. The molecule has 27 heavy (non-hydrogen) atoms. The van der Waals surface area contributed by atoms with Crippen LogP contribution in [-0.2, 0) is 27.2 Å². The second-order valence-electron chi connectivity index (χ2n) is 5.53. The molecule has 0 amide bonds. The van der Waals surface area contributed by atoms with Crippen LogP contribution >= 0.6 is 11.6 Å². The Morgan fingerprint density at radius 2 is 1.85 bits per heavy atom. The molecule has 0 radical (unpaired) electrons. The molecule has 0 fully saturated rings. The summed E-state index contributed by atoms with van der Waals surface area (Å²) in [7, 11) is -3.84. The molecule has 0 unspecified atom stereocenters. The molecule has 146 valence electrons. The van der Waals surface area contributed by atoms with Crippen molar-refractivity contribution in [1.29, 1.82) is 0 Å². The fourth-order valence-corrected chi connectivity index (χ4v) is 3.42. The minimum atomic E-state index is -4.86. The zero-order valence-electron chi connectivity index (χ0n) is 13.9. The molecule has 2 aromatic rings. The van der Waals surface area contributed by atoms with Gasteiger partial charge < -0.3 is 9.84 Å². The lowest BCUT2D eigenvalue weighted by atomic mass is 10.1. The van der Waals surface area contributed by atoms with Gasteiger partial charge in [0.25, 0.3) is 0 Å². The summed E-state index contributed by atoms with van der Waals surface area (Å²) < 4.78 is 69.1. The Labute approximate surface area is 158 Å². The number of carboxylic acid groups (broad SMARTS) is 1. The number of benzene rings is 2. The van der Waals surface area contributed by atoms with Gasteiger partial charge in [0.1, 0.15) is 11.5 Å². The van der Waals surface area contributed by atoms with Crippen molar-refractivity contribution in [2.24, 2.45) is 0 Å². The molecule has 0 aliphatic heterocycles. The SMILES string of the molecule is CCS(=O)(=O)c1ccc(Oc2cc(Cl)cc(CC(=O)O)c2)c(C(F)(F)F)c1. The summed E-state index contributed by atoms with van der Waals surface area (Å²) >= 11 is 5.86. The quantitative estimate of drug-likeness (QED) is 0.737. The first kappa shape index (κ1) is 21.0. The highest BCUT2D eigenvalue weighted by molar-refractivity contribution is 7.91. The molecule has 0 aliphatic carbocycles. The Morgan fingerprint density at radius 1 is 1.19 bits per heavy atom. The number of hydrogen-bond acceptors (Lipinski definition) is 4. The van der Waals surface area contributed by atoms with E-state index in [-0.39, 0.29) is 22.1 Å². The highest BCUT2D eigenvalue weighted by atomic mass is 35.5. The predicted octanol–water partition coefficient (Wildman–Crippen LogP) is 4.57. The third-order valence-corrected chi connectivity index (χ3v) is 5.46. The number of carbonyl (C=O) groups is 1. The Hall–Kier alpha value is -2.26. The number of ether oxygens (including phenoxy) is 1. The van der Waals surface area contributed by atoms with Crippen LogP contribution in [0.5, 0.6) is 11.5 Å². The van der Waals surface area contributed by atoms with Crippen molar-refractivity contribution in [2.45, 2.75) is 24.4 Å². The normalized spacial score (nSPS) is 12.0. The molecule has 0 aliphatic rings. The van der Waals surface area contributed by atoms with E-state index >= 15 is 0 Å². The number of aliphatic carboxylic acids is 1. The number of rotatable bonds is 6. The average Bonchev–Trinajstić information content (AvgIpc) is 2.52. The molecule has 0 saturated carbocycles. The minimum Gasteiger partial charge on any atom is -0.481 e. The average molecular weight is 423 g/mol. The van der Waals surface area contributed by atoms with Gasteiger partial charge in [-0.05, 0) is 42.0 Å². The first-order valence-corrected chi connectivity index (χ1v) is 9.58. The molecule has 5 nitrogen and oxygen atoms in total. The highest BCUT2D eigenvalue weighted by Crippen LogP contribution is 2.40. The topological polar surface area (TPSA) is 80.7 Å². The Morgan fingerprint density at radius 3 is 2.41 bits per heavy atom. The molecule has 0 heterocycles. The molecule has 0 aromatic heterocycles. The number of halogens is 4. The second kappa shape index (κ2) is 7.77. The van der Waals surface area contributed by atoms with E-state index in [0.717, 1.165) is 12.1 Å². The minimum absolute atomic E-state index is 0.0856. The summed E-state index contributed by atoms with van der Waals surface area (Å²) in [6.45, 7) is 1.32. The third-order valence-electron chi connectivity index (χ3n) is 3.51. The summed E-state index contributed by atoms with van der Waals surface area (Å²) in [5, 5.41) is 8.92. The van der Waals surface area contributed by atoms with Crippen molar-refractivity contribution < 1.29 is 36.2 Å². The number of sulfone groups is 1. The summed E-state index contributed by atoms with van der Waals surface area (Å²) in [6.07, 6.45) is -5.26. The van der Waals surface area contributed by atoms with Gasteiger partial charge in [-0.25, -0.2) is 8.42 Å². The molecule has 2 rings (SSSR count). The third kappa shape index (κ3) is 5.36. The van der Waals surface area contributed by atoms with Crippen LogP contribution in [0.25, 0.3) is 0 Å². The van der Waals surface area contributed by atoms with Crippen molar-refractivity contribution in [1.82, 2.24) is 0 Å². The lowest BCUT2D eigenvalue weighted by Gasteiger charge is -2.16. The maximum atomic E-state index is 13.4. The van der Waals surface area contributed by atoms with Crippen LogP contribution in [-0.4, -0.2) is 25.2 Å². The second-order valence-corrected chi connectivity index (χ2v) is 8.24. The number of carboxylic acids is 1. The molecule has 0 atom stereocenters. The van der Waals surface area contributed by atoms with Crippen LogP contribution in [0.2, 0.25) is 5.02 Å². The zero-order valence-corrected chi connectivity index (χ0v) is 15.5. The van der Waals surface area contributed by atoms with Crippen LogP contribution in [0.4, 0.5) is 13.2 Å². The molecule has 0 spiro atoms. The van der Waals surface area contributed by atoms with Gasteiger partial charge in [-0.3, -0.25) is 4.79 Å². The van der Waals surface area contributed by atoms with Crippen molar-refractivity contribution in [3.8, 4) is 11.5 Å². The van der Waals surface area contributed by atoms with Gasteiger partial charge in [-0.1, -0.05) is 18.5 Å². The van der Waals surface area contributed by atoms with Crippen molar-refractivity contribution in [2.75, 3.05) is 5.75 Å². The molecular formula is C17H14ClF3O5S. The highest BCUT2D eigenvalue weighted by Gasteiger charge is 2.36. The molecule has 0 bridgehead atoms. The van der Waals surface area contributed by atoms with Gasteiger partial charge in [-0.15, -0.1) is 0 Å². The fraction of sp³-hybridized carbons (Fsp3) is 0.235. The fourth-order valence-electron chi connectivity index (χ4n) is 2.26.